The molecule has 0 aromatic carbocycles. The fourth-order valence-electron chi connectivity index (χ4n) is 2.96. The molecule has 0 aliphatic carbocycles. The van der Waals surface area contributed by atoms with Gasteiger partial charge in [-0.1, -0.05) is 5.21 Å². The average molecular weight is 335 g/mol. The van der Waals surface area contributed by atoms with Crippen molar-refractivity contribution >= 4 is 11.6 Å². The number of hydrogen-bond acceptors (Lipinski definition) is 6. The molecule has 2 bridgehead atoms. The third-order valence-corrected chi connectivity index (χ3v) is 5.36. The van der Waals surface area contributed by atoms with Crippen molar-refractivity contribution in [1.82, 2.24) is 25.6 Å². The number of rotatable bonds is 2. The Bertz CT molecular complexity index is 600. The number of hydrogen-bond donors (Lipinski definition) is 2. The number of ketones is 2. The highest BCUT2D eigenvalue weighted by Crippen LogP contribution is 2.19. The van der Waals surface area contributed by atoms with Crippen LogP contribution in [-0.4, -0.2) is 51.2 Å². The molecular formula is C17H29N5O2. The van der Waals surface area contributed by atoms with Gasteiger partial charge < -0.3 is 5.32 Å². The van der Waals surface area contributed by atoms with E-state index in [-0.39, 0.29) is 18.1 Å². The molecule has 1 aromatic rings. The average Bonchev–Trinajstić information content (AvgIpc) is 3.01. The van der Waals surface area contributed by atoms with Gasteiger partial charge in [-0.05, 0) is 59.9 Å². The molecule has 24 heavy (non-hydrogen) atoms. The zero-order valence-electron chi connectivity index (χ0n) is 15.2. The van der Waals surface area contributed by atoms with Crippen LogP contribution in [0.25, 0.3) is 0 Å². The van der Waals surface area contributed by atoms with Gasteiger partial charge in [0.2, 0.25) is 0 Å². The Morgan fingerprint density at radius 3 is 2.75 bits per heavy atom. The zero-order valence-corrected chi connectivity index (χ0v) is 15.2. The zero-order chi connectivity index (χ0) is 17.8. The third-order valence-electron chi connectivity index (χ3n) is 5.36. The van der Waals surface area contributed by atoms with Crippen LogP contribution in [0, 0.1) is 0 Å². The Balaban J connectivity index is 2.22. The molecule has 0 unspecified atom stereocenters. The minimum absolute atomic E-state index is 0.0287. The highest BCUT2D eigenvalue weighted by molar-refractivity contribution is 5.91. The normalized spacial score (nSPS) is 29.9. The van der Waals surface area contributed by atoms with Gasteiger partial charge in [0.1, 0.15) is 5.78 Å². The predicted molar refractivity (Wildman–Crippen MR) is 91.8 cm³/mol. The lowest BCUT2D eigenvalue weighted by molar-refractivity contribution is -0.126. The van der Waals surface area contributed by atoms with Crippen LogP contribution in [-0.2, 0) is 22.6 Å². The van der Waals surface area contributed by atoms with Crippen molar-refractivity contribution in [2.24, 2.45) is 0 Å². The third kappa shape index (κ3) is 4.27. The van der Waals surface area contributed by atoms with Crippen molar-refractivity contribution < 1.29 is 9.59 Å². The molecule has 0 radical (unpaired) electrons. The van der Waals surface area contributed by atoms with Gasteiger partial charge in [-0.15, -0.1) is 5.10 Å². The minimum atomic E-state index is -0.738. The molecule has 7 heteroatoms. The van der Waals surface area contributed by atoms with Gasteiger partial charge in [0.25, 0.3) is 0 Å². The van der Waals surface area contributed by atoms with E-state index < -0.39 is 11.1 Å². The summed E-state index contributed by atoms with van der Waals surface area (Å²) in [4.78, 5) is 24.8. The Morgan fingerprint density at radius 1 is 1.33 bits per heavy atom. The lowest BCUT2D eigenvalue weighted by Gasteiger charge is -2.32. The predicted octanol–water partition coefficient (Wildman–Crippen LogP) is 0.879. The van der Waals surface area contributed by atoms with Crippen LogP contribution in [0.3, 0.4) is 0 Å². The maximum absolute atomic E-state index is 12.7. The molecule has 134 valence electrons. The second-order valence-electron chi connectivity index (χ2n) is 7.18. The number of nitrogens with zero attached hydrogens (tertiary/aromatic N) is 3. The Hall–Kier alpha value is -1.60. The molecule has 0 spiro atoms. The van der Waals surface area contributed by atoms with E-state index >= 15 is 0 Å². The maximum Gasteiger partial charge on any atom is 0.166 e. The van der Waals surface area contributed by atoms with Crippen molar-refractivity contribution in [2.75, 3.05) is 13.6 Å². The molecule has 0 amide bonds. The number of fused-ring (bicyclic) bond motifs is 2. The number of carbonyl (C=O) groups excluding carboxylic acids is 2. The largest absolute Gasteiger partial charge is 0.308 e. The Morgan fingerprint density at radius 2 is 2.08 bits per heavy atom. The van der Waals surface area contributed by atoms with Gasteiger partial charge in [-0.3, -0.25) is 19.6 Å². The van der Waals surface area contributed by atoms with Gasteiger partial charge in [0.05, 0.1) is 23.3 Å². The molecule has 0 fully saturated rings. The van der Waals surface area contributed by atoms with E-state index in [1.54, 1.807) is 6.92 Å². The van der Waals surface area contributed by atoms with Gasteiger partial charge >= 0.3 is 0 Å². The van der Waals surface area contributed by atoms with E-state index in [1.807, 2.05) is 31.8 Å². The van der Waals surface area contributed by atoms with E-state index in [4.69, 9.17) is 0 Å². The highest BCUT2D eigenvalue weighted by atomic mass is 16.1. The monoisotopic (exact) mass is 335 g/mol. The van der Waals surface area contributed by atoms with Crippen molar-refractivity contribution in [2.45, 2.75) is 70.5 Å². The first-order chi connectivity index (χ1) is 11.3. The first-order valence-corrected chi connectivity index (χ1v) is 8.66. The summed E-state index contributed by atoms with van der Waals surface area (Å²) >= 11 is 0. The summed E-state index contributed by atoms with van der Waals surface area (Å²) < 4.78 is 1.85. The number of Topliss-reactive ketones (excluding diaryl/α,β-unsaturated/α-hetero) is 2. The fraction of sp³-hybridized carbons (Fsp3) is 0.765. The number of likely N-dealkylation sites (N-methyl/N-ethyl adjacent to an activating group) is 1. The lowest BCUT2D eigenvalue weighted by Crippen LogP contribution is -2.56. The molecule has 2 atom stereocenters. The van der Waals surface area contributed by atoms with E-state index in [9.17, 15) is 9.59 Å². The molecule has 0 saturated heterocycles. The summed E-state index contributed by atoms with van der Waals surface area (Å²) in [6.45, 7) is 6.33. The first-order valence-electron chi connectivity index (χ1n) is 8.66. The van der Waals surface area contributed by atoms with Crippen LogP contribution in [0.2, 0.25) is 0 Å². The lowest BCUT2D eigenvalue weighted by atomic mass is 9.87. The van der Waals surface area contributed by atoms with Crippen molar-refractivity contribution in [3.8, 4) is 0 Å². The summed E-state index contributed by atoms with van der Waals surface area (Å²) in [6, 6.07) is 0. The van der Waals surface area contributed by atoms with E-state index in [2.05, 4.69) is 20.9 Å². The number of aromatic nitrogens is 3. The van der Waals surface area contributed by atoms with E-state index in [1.165, 1.54) is 0 Å². The van der Waals surface area contributed by atoms with Gasteiger partial charge in [-0.2, -0.15) is 0 Å². The number of nitrogens with one attached hydrogen (secondary N) is 2. The molecule has 1 aromatic heterocycles. The summed E-state index contributed by atoms with van der Waals surface area (Å²) in [5, 5.41) is 14.7. The summed E-state index contributed by atoms with van der Waals surface area (Å²) in [6.07, 6.45) is 5.82. The first kappa shape index (κ1) is 18.7. The van der Waals surface area contributed by atoms with Gasteiger partial charge in [0.15, 0.2) is 5.78 Å². The second-order valence-corrected chi connectivity index (χ2v) is 7.18. The molecule has 0 saturated carbocycles. The van der Waals surface area contributed by atoms with Crippen LogP contribution >= 0.6 is 0 Å². The minimum Gasteiger partial charge on any atom is -0.308 e. The quantitative estimate of drug-likeness (QED) is 0.834. The maximum atomic E-state index is 12.7. The fourth-order valence-corrected chi connectivity index (χ4v) is 2.96. The second kappa shape index (κ2) is 7.53. The van der Waals surface area contributed by atoms with Gasteiger partial charge in [0, 0.05) is 12.7 Å². The Labute approximate surface area is 143 Å². The van der Waals surface area contributed by atoms with Gasteiger partial charge in [-0.25, -0.2) is 0 Å². The molecule has 2 N–H and O–H groups in total. The van der Waals surface area contributed by atoms with Crippen molar-refractivity contribution in [3.63, 3.8) is 0 Å². The topological polar surface area (TPSA) is 88.9 Å². The number of carbonyl (C=O) groups is 2. The van der Waals surface area contributed by atoms with Crippen LogP contribution < -0.4 is 10.6 Å². The SMILES string of the molecule is CN[C@@]1(C)CCCCn2cc(nn2)CC[C@@](C)(C(C)=O)NCC1=O. The Kier molecular flexibility index (Phi) is 5.87. The number of aryl methyl sites for hydroxylation is 2. The summed E-state index contributed by atoms with van der Waals surface area (Å²) in [5.41, 5.74) is -0.437. The van der Waals surface area contributed by atoms with Crippen LogP contribution in [0.5, 0.6) is 0 Å². The van der Waals surface area contributed by atoms with Crippen molar-refractivity contribution in [1.29, 1.82) is 0 Å². The van der Waals surface area contributed by atoms with E-state index in [0.29, 0.717) is 12.8 Å². The van der Waals surface area contributed by atoms with Crippen LogP contribution in [0.4, 0.5) is 0 Å². The molecule has 1 aliphatic rings. The molecule has 2 rings (SSSR count). The molecular weight excluding hydrogens is 306 g/mol. The standard InChI is InChI=1S/C17H29N5O2/c1-13(23)16(2)9-7-14-12-22(21-20-14)10-6-5-8-17(3,18-4)15(24)11-19-16/h12,18-19H,5-11H2,1-4H3/t16-,17-/m0/s1. The summed E-state index contributed by atoms with van der Waals surface area (Å²) in [7, 11) is 1.81. The van der Waals surface area contributed by atoms with Crippen LogP contribution in [0.15, 0.2) is 6.20 Å². The van der Waals surface area contributed by atoms with E-state index in [0.717, 1.165) is 31.5 Å². The molecule has 1 aliphatic heterocycles. The molecule has 2 heterocycles. The van der Waals surface area contributed by atoms with Crippen LogP contribution in [0.1, 0.15) is 52.1 Å². The smallest absolute Gasteiger partial charge is 0.166 e. The molecule has 7 nitrogen and oxygen atoms in total. The van der Waals surface area contributed by atoms with Crippen molar-refractivity contribution in [3.05, 3.63) is 11.9 Å². The summed E-state index contributed by atoms with van der Waals surface area (Å²) in [5.74, 6) is 0.118. The highest BCUT2D eigenvalue weighted by Gasteiger charge is 2.35.